The van der Waals surface area contributed by atoms with Crippen molar-refractivity contribution in [1.82, 2.24) is 4.90 Å². The van der Waals surface area contributed by atoms with E-state index in [4.69, 9.17) is 11.6 Å². The first kappa shape index (κ1) is 18.2. The number of nitrogens with zero attached hydrogens (tertiary/aromatic N) is 1. The van der Waals surface area contributed by atoms with E-state index in [1.54, 1.807) is 12.1 Å². The number of hydrogen-bond donors (Lipinski definition) is 1. The summed E-state index contributed by atoms with van der Waals surface area (Å²) in [6.45, 7) is 1.23. The fraction of sp³-hybridized carbons (Fsp3) is 0.238. The molecule has 5 heteroatoms. The highest BCUT2D eigenvalue weighted by atomic mass is 35.5. The highest BCUT2D eigenvalue weighted by molar-refractivity contribution is 6.30. The lowest BCUT2D eigenvalue weighted by molar-refractivity contribution is -0.131. The summed E-state index contributed by atoms with van der Waals surface area (Å²) in [6, 6.07) is 16.5. The van der Waals surface area contributed by atoms with Crippen LogP contribution in [0.15, 0.2) is 60.7 Å². The number of carbonyl (C=O) groups excluding carboxylic acids is 1. The lowest BCUT2D eigenvalue weighted by Crippen LogP contribution is -2.38. The van der Waals surface area contributed by atoms with Gasteiger partial charge in [-0.05, 0) is 54.2 Å². The number of piperidine rings is 1. The molecule has 0 radical (unpaired) electrons. The largest absolute Gasteiger partial charge is 0.478 e. The number of amides is 1. The molecule has 1 heterocycles. The van der Waals surface area contributed by atoms with Gasteiger partial charge in [0, 0.05) is 29.8 Å². The molecule has 0 bridgehead atoms. The van der Waals surface area contributed by atoms with Gasteiger partial charge in [-0.25, -0.2) is 4.79 Å². The summed E-state index contributed by atoms with van der Waals surface area (Å²) >= 11 is 5.94. The normalized spacial score (nSPS) is 15.7. The molecule has 0 unspecified atom stereocenters. The predicted octanol–water partition coefficient (Wildman–Crippen LogP) is 4.36. The highest BCUT2D eigenvalue weighted by Crippen LogP contribution is 2.33. The van der Waals surface area contributed by atoms with Gasteiger partial charge in [0.15, 0.2) is 0 Å². The minimum atomic E-state index is -0.960. The van der Waals surface area contributed by atoms with Gasteiger partial charge in [-0.1, -0.05) is 41.9 Å². The van der Waals surface area contributed by atoms with Crippen LogP contribution in [0.4, 0.5) is 0 Å². The molecule has 2 aromatic carbocycles. The van der Waals surface area contributed by atoms with Crippen LogP contribution in [0.2, 0.25) is 5.02 Å². The van der Waals surface area contributed by atoms with E-state index >= 15 is 0 Å². The number of aliphatic carboxylic acids is 1. The van der Waals surface area contributed by atoms with Crippen LogP contribution in [0.25, 0.3) is 5.57 Å². The molecule has 0 spiro atoms. The average molecular weight is 370 g/mol. The van der Waals surface area contributed by atoms with Gasteiger partial charge in [-0.15, -0.1) is 0 Å². The third-order valence-corrected chi connectivity index (χ3v) is 4.95. The standard InChI is InChI=1S/C21H20ClNO3/c22-18-8-6-15(7-9-18)19(14-20(24)25)16-10-12-23(13-11-16)21(26)17-4-2-1-3-5-17/h1-9,14,16H,10-13H2,(H,24,25)/b19-14+. The molecule has 1 amide bonds. The van der Waals surface area contributed by atoms with E-state index in [-0.39, 0.29) is 11.8 Å². The molecule has 0 saturated carbocycles. The average Bonchev–Trinajstić information content (AvgIpc) is 2.67. The molecule has 26 heavy (non-hydrogen) atoms. The van der Waals surface area contributed by atoms with E-state index in [9.17, 15) is 14.7 Å². The summed E-state index contributed by atoms with van der Waals surface area (Å²) in [5.74, 6) is -0.829. The fourth-order valence-corrected chi connectivity index (χ4v) is 3.50. The molecule has 1 N–H and O–H groups in total. The van der Waals surface area contributed by atoms with E-state index in [1.807, 2.05) is 47.4 Å². The number of hydrogen-bond acceptors (Lipinski definition) is 2. The summed E-state index contributed by atoms with van der Waals surface area (Å²) in [4.78, 5) is 25.7. The molecule has 1 fully saturated rings. The van der Waals surface area contributed by atoms with Gasteiger partial charge in [0.1, 0.15) is 0 Å². The summed E-state index contributed by atoms with van der Waals surface area (Å²) in [5.41, 5.74) is 2.34. The zero-order chi connectivity index (χ0) is 18.5. The second-order valence-corrected chi connectivity index (χ2v) is 6.81. The first-order valence-electron chi connectivity index (χ1n) is 8.59. The van der Waals surface area contributed by atoms with E-state index in [0.29, 0.717) is 23.7 Å². The van der Waals surface area contributed by atoms with Crippen molar-refractivity contribution in [2.75, 3.05) is 13.1 Å². The van der Waals surface area contributed by atoms with Crippen LogP contribution in [-0.4, -0.2) is 35.0 Å². The minimum absolute atomic E-state index is 0.0271. The zero-order valence-electron chi connectivity index (χ0n) is 14.3. The van der Waals surface area contributed by atoms with E-state index in [2.05, 4.69) is 0 Å². The smallest absolute Gasteiger partial charge is 0.328 e. The summed E-state index contributed by atoms with van der Waals surface area (Å²) in [5, 5.41) is 9.87. The first-order valence-corrected chi connectivity index (χ1v) is 8.97. The molecule has 1 aliphatic rings. The number of carboxylic acid groups (broad SMARTS) is 1. The summed E-state index contributed by atoms with van der Waals surface area (Å²) in [6.07, 6.45) is 2.75. The zero-order valence-corrected chi connectivity index (χ0v) is 15.0. The van der Waals surface area contributed by atoms with Gasteiger partial charge in [0.25, 0.3) is 5.91 Å². The van der Waals surface area contributed by atoms with Crippen molar-refractivity contribution in [1.29, 1.82) is 0 Å². The number of carbonyl (C=O) groups is 2. The number of allylic oxidation sites excluding steroid dienone is 1. The molecule has 0 aromatic heterocycles. The van der Waals surface area contributed by atoms with Gasteiger partial charge in [-0.3, -0.25) is 4.79 Å². The maximum atomic E-state index is 12.6. The van der Waals surface area contributed by atoms with E-state index in [0.717, 1.165) is 24.0 Å². The minimum Gasteiger partial charge on any atom is -0.478 e. The van der Waals surface area contributed by atoms with E-state index < -0.39 is 5.97 Å². The van der Waals surface area contributed by atoms with Crippen LogP contribution in [-0.2, 0) is 4.79 Å². The molecule has 0 atom stereocenters. The molecular weight excluding hydrogens is 350 g/mol. The Hall–Kier alpha value is -2.59. The molecule has 1 saturated heterocycles. The lowest BCUT2D eigenvalue weighted by Gasteiger charge is -2.33. The maximum absolute atomic E-state index is 12.6. The molecular formula is C21H20ClNO3. The molecule has 3 rings (SSSR count). The van der Waals surface area contributed by atoms with Crippen LogP contribution in [0.5, 0.6) is 0 Å². The lowest BCUT2D eigenvalue weighted by atomic mass is 9.84. The topological polar surface area (TPSA) is 57.6 Å². The number of halogens is 1. The molecule has 4 nitrogen and oxygen atoms in total. The summed E-state index contributed by atoms with van der Waals surface area (Å²) in [7, 11) is 0. The van der Waals surface area contributed by atoms with Crippen LogP contribution >= 0.6 is 11.6 Å². The van der Waals surface area contributed by atoms with Crippen LogP contribution in [0.3, 0.4) is 0 Å². The van der Waals surface area contributed by atoms with Crippen molar-refractivity contribution in [2.45, 2.75) is 12.8 Å². The van der Waals surface area contributed by atoms with Gasteiger partial charge in [-0.2, -0.15) is 0 Å². The van der Waals surface area contributed by atoms with Gasteiger partial charge < -0.3 is 10.0 Å². The van der Waals surface area contributed by atoms with Crippen LogP contribution in [0.1, 0.15) is 28.8 Å². The summed E-state index contributed by atoms with van der Waals surface area (Å²) < 4.78 is 0. The van der Waals surface area contributed by atoms with Crippen molar-refractivity contribution < 1.29 is 14.7 Å². The van der Waals surface area contributed by atoms with Gasteiger partial charge >= 0.3 is 5.97 Å². The number of rotatable bonds is 4. The van der Waals surface area contributed by atoms with Crippen molar-refractivity contribution in [3.05, 3.63) is 76.8 Å². The van der Waals surface area contributed by atoms with E-state index in [1.165, 1.54) is 6.08 Å². The fourth-order valence-electron chi connectivity index (χ4n) is 3.37. The quantitative estimate of drug-likeness (QED) is 0.814. The Morgan fingerprint density at radius 1 is 0.962 bits per heavy atom. The Morgan fingerprint density at radius 2 is 1.58 bits per heavy atom. The first-order chi connectivity index (χ1) is 12.5. The van der Waals surface area contributed by atoms with Crippen molar-refractivity contribution in [3.8, 4) is 0 Å². The Morgan fingerprint density at radius 3 is 2.15 bits per heavy atom. The Bertz CT molecular complexity index is 807. The van der Waals surface area contributed by atoms with Crippen molar-refractivity contribution in [2.24, 2.45) is 5.92 Å². The maximum Gasteiger partial charge on any atom is 0.328 e. The number of carboxylic acids is 1. The molecule has 1 aliphatic heterocycles. The monoisotopic (exact) mass is 369 g/mol. The third-order valence-electron chi connectivity index (χ3n) is 4.70. The second kappa shape index (κ2) is 8.19. The SMILES string of the molecule is O=C(O)/C=C(\c1ccc(Cl)cc1)C1CCN(C(=O)c2ccccc2)CC1. The Balaban J connectivity index is 1.73. The van der Waals surface area contributed by atoms with Gasteiger partial charge in [0.2, 0.25) is 0 Å². The Labute approximate surface area is 157 Å². The van der Waals surface area contributed by atoms with Gasteiger partial charge in [0.05, 0.1) is 0 Å². The highest BCUT2D eigenvalue weighted by Gasteiger charge is 2.26. The molecule has 0 aliphatic carbocycles. The molecule has 134 valence electrons. The predicted molar refractivity (Wildman–Crippen MR) is 102 cm³/mol. The third kappa shape index (κ3) is 4.33. The Kier molecular flexibility index (Phi) is 5.74. The van der Waals surface area contributed by atoms with Crippen LogP contribution in [0, 0.1) is 5.92 Å². The van der Waals surface area contributed by atoms with Crippen LogP contribution < -0.4 is 0 Å². The number of likely N-dealkylation sites (tertiary alicyclic amines) is 1. The number of benzene rings is 2. The second-order valence-electron chi connectivity index (χ2n) is 6.38. The van der Waals surface area contributed by atoms with Crippen molar-refractivity contribution >= 4 is 29.1 Å². The molecule has 2 aromatic rings. The van der Waals surface area contributed by atoms with Crippen molar-refractivity contribution in [3.63, 3.8) is 0 Å².